The van der Waals surface area contributed by atoms with Gasteiger partial charge in [0, 0.05) is 47.2 Å². The standard InChI is InChI=1S/C23H23N5O2/c1-15-11-16-12-19(5-6-21(16)26-15)30-22-8-10-25-23(28-22)27-17-3-2-4-18(13-17)29-20-7-9-24-14-20/h2-6,8,10-13,20,24,26H,7,9,14H2,1H3,(H,25,27,28)/t20-/m0/s1. The third kappa shape index (κ3) is 4.21. The zero-order valence-electron chi connectivity index (χ0n) is 16.7. The molecule has 0 saturated carbocycles. The molecule has 2 aromatic heterocycles. The highest BCUT2D eigenvalue weighted by molar-refractivity contribution is 5.81. The summed E-state index contributed by atoms with van der Waals surface area (Å²) < 4.78 is 12.0. The Morgan fingerprint density at radius 2 is 2.03 bits per heavy atom. The van der Waals surface area contributed by atoms with Crippen LogP contribution in [0.3, 0.4) is 0 Å². The molecule has 4 aromatic rings. The molecule has 0 amide bonds. The minimum absolute atomic E-state index is 0.217. The highest BCUT2D eigenvalue weighted by Crippen LogP contribution is 2.26. The Hall–Kier alpha value is -3.58. The summed E-state index contributed by atoms with van der Waals surface area (Å²) in [6.45, 7) is 3.92. The number of benzene rings is 2. The predicted molar refractivity (Wildman–Crippen MR) is 117 cm³/mol. The van der Waals surface area contributed by atoms with E-state index in [2.05, 4.69) is 31.7 Å². The number of H-pyrrole nitrogens is 1. The second-order valence-electron chi connectivity index (χ2n) is 7.41. The normalized spacial score (nSPS) is 16.0. The van der Waals surface area contributed by atoms with Gasteiger partial charge in [-0.05, 0) is 56.3 Å². The van der Waals surface area contributed by atoms with E-state index in [1.54, 1.807) is 12.3 Å². The van der Waals surface area contributed by atoms with Gasteiger partial charge in [-0.3, -0.25) is 0 Å². The van der Waals surface area contributed by atoms with Crippen molar-refractivity contribution in [3.8, 4) is 17.4 Å². The van der Waals surface area contributed by atoms with Crippen LogP contribution in [-0.2, 0) is 0 Å². The molecule has 30 heavy (non-hydrogen) atoms. The topological polar surface area (TPSA) is 84.1 Å². The number of hydrogen-bond acceptors (Lipinski definition) is 6. The fraction of sp³-hybridized carbons (Fsp3) is 0.217. The number of aromatic amines is 1. The van der Waals surface area contributed by atoms with E-state index >= 15 is 0 Å². The second-order valence-corrected chi connectivity index (χ2v) is 7.41. The molecule has 0 unspecified atom stereocenters. The van der Waals surface area contributed by atoms with Crippen LogP contribution in [0.4, 0.5) is 11.6 Å². The lowest BCUT2D eigenvalue weighted by molar-refractivity contribution is 0.223. The van der Waals surface area contributed by atoms with Gasteiger partial charge in [-0.25, -0.2) is 4.98 Å². The Bertz CT molecular complexity index is 1170. The predicted octanol–water partition coefficient (Wildman–Crippen LogP) is 4.54. The van der Waals surface area contributed by atoms with E-state index in [0.717, 1.165) is 53.3 Å². The largest absolute Gasteiger partial charge is 0.489 e. The zero-order valence-corrected chi connectivity index (χ0v) is 16.7. The van der Waals surface area contributed by atoms with Crippen LogP contribution in [0.25, 0.3) is 10.9 Å². The molecule has 0 radical (unpaired) electrons. The van der Waals surface area contributed by atoms with Crippen LogP contribution in [-0.4, -0.2) is 34.1 Å². The van der Waals surface area contributed by atoms with Crippen molar-refractivity contribution in [1.29, 1.82) is 0 Å². The van der Waals surface area contributed by atoms with E-state index in [1.165, 1.54) is 0 Å². The Balaban J connectivity index is 1.29. The number of ether oxygens (including phenoxy) is 2. The number of aryl methyl sites for hydroxylation is 1. The van der Waals surface area contributed by atoms with Gasteiger partial charge in [-0.1, -0.05) is 6.07 Å². The van der Waals surface area contributed by atoms with Crippen molar-refractivity contribution in [1.82, 2.24) is 20.3 Å². The number of fused-ring (bicyclic) bond motifs is 1. The first-order valence-electron chi connectivity index (χ1n) is 10.1. The molecule has 7 heteroatoms. The Morgan fingerprint density at radius 3 is 2.93 bits per heavy atom. The minimum atomic E-state index is 0.217. The van der Waals surface area contributed by atoms with Crippen LogP contribution in [0.2, 0.25) is 0 Å². The van der Waals surface area contributed by atoms with Crippen molar-refractivity contribution >= 4 is 22.5 Å². The third-order valence-corrected chi connectivity index (χ3v) is 4.99. The summed E-state index contributed by atoms with van der Waals surface area (Å²) in [6.07, 6.45) is 2.91. The van der Waals surface area contributed by atoms with Gasteiger partial charge >= 0.3 is 0 Å². The molecule has 0 bridgehead atoms. The fourth-order valence-electron chi connectivity index (χ4n) is 3.60. The van der Waals surface area contributed by atoms with Crippen molar-refractivity contribution in [2.45, 2.75) is 19.4 Å². The van der Waals surface area contributed by atoms with E-state index in [1.807, 2.05) is 49.4 Å². The average molecular weight is 401 g/mol. The SMILES string of the molecule is Cc1cc2cc(Oc3ccnc(Nc4cccc(O[C@H]5CCNC5)c4)n3)ccc2[nH]1. The van der Waals surface area contributed by atoms with Gasteiger partial charge in [0.1, 0.15) is 17.6 Å². The van der Waals surface area contributed by atoms with E-state index in [-0.39, 0.29) is 6.10 Å². The molecular formula is C23H23N5O2. The Kier molecular flexibility index (Phi) is 4.94. The lowest BCUT2D eigenvalue weighted by Gasteiger charge is -2.13. The Morgan fingerprint density at radius 1 is 1.07 bits per heavy atom. The highest BCUT2D eigenvalue weighted by atomic mass is 16.5. The number of aromatic nitrogens is 3. The molecule has 3 N–H and O–H groups in total. The molecule has 152 valence electrons. The molecule has 0 spiro atoms. The summed E-state index contributed by atoms with van der Waals surface area (Å²) in [5.41, 5.74) is 3.06. The van der Waals surface area contributed by atoms with Crippen molar-refractivity contribution in [2.24, 2.45) is 0 Å². The number of nitrogens with zero attached hydrogens (tertiary/aromatic N) is 2. The quantitative estimate of drug-likeness (QED) is 0.440. The van der Waals surface area contributed by atoms with Crippen LogP contribution in [0.1, 0.15) is 12.1 Å². The van der Waals surface area contributed by atoms with Gasteiger partial charge < -0.3 is 25.1 Å². The molecule has 1 aliphatic heterocycles. The molecule has 0 aliphatic carbocycles. The van der Waals surface area contributed by atoms with E-state index in [9.17, 15) is 0 Å². The molecule has 1 atom stereocenters. The molecule has 7 nitrogen and oxygen atoms in total. The van der Waals surface area contributed by atoms with E-state index < -0.39 is 0 Å². The van der Waals surface area contributed by atoms with Gasteiger partial charge in [-0.15, -0.1) is 0 Å². The van der Waals surface area contributed by atoms with E-state index in [4.69, 9.17) is 9.47 Å². The molecule has 1 saturated heterocycles. The van der Waals surface area contributed by atoms with Crippen molar-refractivity contribution in [2.75, 3.05) is 18.4 Å². The second kappa shape index (κ2) is 8.04. The minimum Gasteiger partial charge on any atom is -0.489 e. The van der Waals surface area contributed by atoms with Gasteiger partial charge in [0.25, 0.3) is 0 Å². The summed E-state index contributed by atoms with van der Waals surface area (Å²) in [7, 11) is 0. The van der Waals surface area contributed by atoms with Gasteiger partial charge in [0.2, 0.25) is 11.8 Å². The maximum absolute atomic E-state index is 6.02. The van der Waals surface area contributed by atoms with Crippen LogP contribution in [0.5, 0.6) is 17.4 Å². The van der Waals surface area contributed by atoms with Crippen LogP contribution in [0, 0.1) is 6.92 Å². The molecule has 2 aromatic carbocycles. The summed E-state index contributed by atoms with van der Waals surface area (Å²) >= 11 is 0. The van der Waals surface area contributed by atoms with E-state index in [0.29, 0.717) is 11.8 Å². The third-order valence-electron chi connectivity index (χ3n) is 4.99. The molecule has 1 fully saturated rings. The first kappa shape index (κ1) is 18.4. The summed E-state index contributed by atoms with van der Waals surface area (Å²) in [4.78, 5) is 12.1. The number of rotatable bonds is 6. The Labute approximate surface area is 174 Å². The fourth-order valence-corrected chi connectivity index (χ4v) is 3.60. The lowest BCUT2D eigenvalue weighted by atomic mass is 10.2. The zero-order chi connectivity index (χ0) is 20.3. The maximum atomic E-state index is 6.02. The first-order valence-corrected chi connectivity index (χ1v) is 10.1. The van der Waals surface area contributed by atoms with Gasteiger partial charge in [0.05, 0.1) is 0 Å². The number of anilines is 2. The molecule has 3 heterocycles. The number of hydrogen-bond donors (Lipinski definition) is 3. The monoisotopic (exact) mass is 401 g/mol. The summed E-state index contributed by atoms with van der Waals surface area (Å²) in [5, 5.41) is 7.64. The summed E-state index contributed by atoms with van der Waals surface area (Å²) in [6, 6.07) is 17.6. The van der Waals surface area contributed by atoms with Crippen molar-refractivity contribution in [3.05, 3.63) is 66.5 Å². The molecule has 1 aliphatic rings. The van der Waals surface area contributed by atoms with Gasteiger partial charge in [-0.2, -0.15) is 4.98 Å². The van der Waals surface area contributed by atoms with Gasteiger partial charge in [0.15, 0.2) is 0 Å². The van der Waals surface area contributed by atoms with Crippen molar-refractivity contribution < 1.29 is 9.47 Å². The maximum Gasteiger partial charge on any atom is 0.230 e. The van der Waals surface area contributed by atoms with Crippen LogP contribution < -0.4 is 20.1 Å². The molecular weight excluding hydrogens is 378 g/mol. The number of nitrogens with one attached hydrogen (secondary N) is 3. The smallest absolute Gasteiger partial charge is 0.230 e. The first-order chi connectivity index (χ1) is 14.7. The lowest BCUT2D eigenvalue weighted by Crippen LogP contribution is -2.19. The van der Waals surface area contributed by atoms with Crippen LogP contribution in [0.15, 0.2) is 60.8 Å². The average Bonchev–Trinajstić information content (AvgIpc) is 3.37. The van der Waals surface area contributed by atoms with Crippen molar-refractivity contribution in [3.63, 3.8) is 0 Å². The van der Waals surface area contributed by atoms with Crippen LogP contribution >= 0.6 is 0 Å². The molecule has 5 rings (SSSR count). The highest BCUT2D eigenvalue weighted by Gasteiger charge is 2.16. The summed E-state index contributed by atoms with van der Waals surface area (Å²) in [5.74, 6) is 2.50.